The fourth-order valence-corrected chi connectivity index (χ4v) is 2.68. The lowest BCUT2D eigenvalue weighted by Gasteiger charge is -2.32. The van der Waals surface area contributed by atoms with Gasteiger partial charge < -0.3 is 20.5 Å². The van der Waals surface area contributed by atoms with Crippen molar-refractivity contribution in [2.45, 2.75) is 32.3 Å². The molecule has 1 aliphatic heterocycles. The van der Waals surface area contributed by atoms with Gasteiger partial charge in [0.2, 0.25) is 0 Å². The van der Waals surface area contributed by atoms with Gasteiger partial charge in [-0.05, 0) is 56.1 Å². The van der Waals surface area contributed by atoms with Crippen LogP contribution in [-0.4, -0.2) is 42.4 Å². The predicted octanol–water partition coefficient (Wildman–Crippen LogP) is 2.13. The van der Waals surface area contributed by atoms with Crippen molar-refractivity contribution >= 4 is 5.69 Å². The van der Waals surface area contributed by atoms with Gasteiger partial charge in [0.15, 0.2) is 0 Å². The summed E-state index contributed by atoms with van der Waals surface area (Å²) in [6, 6.07) is 7.26. The summed E-state index contributed by atoms with van der Waals surface area (Å²) in [6.45, 7) is 5.48. The number of benzene rings is 1. The van der Waals surface area contributed by atoms with Gasteiger partial charge in [0.05, 0.1) is 0 Å². The van der Waals surface area contributed by atoms with E-state index in [1.807, 2.05) is 12.1 Å². The standard InChI is InChI=1S/C16H26N2O2/c1-2-13-7-9-18(10-8-13)11-15(19)12-20-16-5-3-14(17)4-6-16/h3-6,13,15,19H,2,7-12,17H2,1H3. The van der Waals surface area contributed by atoms with Crippen LogP contribution in [0.4, 0.5) is 5.69 Å². The number of piperidine rings is 1. The molecule has 1 saturated heterocycles. The average molecular weight is 278 g/mol. The van der Waals surface area contributed by atoms with Crippen LogP contribution >= 0.6 is 0 Å². The number of aliphatic hydroxyl groups excluding tert-OH is 1. The summed E-state index contributed by atoms with van der Waals surface area (Å²) >= 11 is 0. The van der Waals surface area contributed by atoms with E-state index in [0.29, 0.717) is 13.2 Å². The van der Waals surface area contributed by atoms with Crippen LogP contribution in [0.3, 0.4) is 0 Å². The van der Waals surface area contributed by atoms with E-state index in [1.165, 1.54) is 19.3 Å². The number of nitrogen functional groups attached to an aromatic ring is 1. The van der Waals surface area contributed by atoms with Crippen molar-refractivity contribution in [2.24, 2.45) is 5.92 Å². The highest BCUT2D eigenvalue weighted by Crippen LogP contribution is 2.20. The molecule has 1 aromatic carbocycles. The van der Waals surface area contributed by atoms with Crippen LogP contribution in [0.15, 0.2) is 24.3 Å². The molecule has 0 aliphatic carbocycles. The number of rotatable bonds is 6. The van der Waals surface area contributed by atoms with Gasteiger partial charge in [-0.1, -0.05) is 13.3 Å². The first-order valence-corrected chi connectivity index (χ1v) is 7.56. The highest BCUT2D eigenvalue weighted by molar-refractivity contribution is 5.41. The van der Waals surface area contributed by atoms with E-state index in [9.17, 15) is 5.11 Å². The molecule has 1 unspecified atom stereocenters. The molecule has 1 heterocycles. The van der Waals surface area contributed by atoms with Gasteiger partial charge in [-0.25, -0.2) is 0 Å². The average Bonchev–Trinajstić information content (AvgIpc) is 2.47. The van der Waals surface area contributed by atoms with E-state index >= 15 is 0 Å². The Bertz CT molecular complexity index is 386. The van der Waals surface area contributed by atoms with Crippen molar-refractivity contribution in [3.8, 4) is 5.75 Å². The second-order valence-corrected chi connectivity index (χ2v) is 5.69. The molecule has 0 aromatic heterocycles. The summed E-state index contributed by atoms with van der Waals surface area (Å²) in [7, 11) is 0. The zero-order valence-electron chi connectivity index (χ0n) is 12.3. The molecule has 1 aromatic rings. The Morgan fingerprint density at radius 3 is 2.55 bits per heavy atom. The smallest absolute Gasteiger partial charge is 0.119 e. The van der Waals surface area contributed by atoms with Crippen LogP contribution in [-0.2, 0) is 0 Å². The van der Waals surface area contributed by atoms with Crippen LogP contribution in [0.5, 0.6) is 5.75 Å². The Balaban J connectivity index is 1.68. The summed E-state index contributed by atoms with van der Waals surface area (Å²) in [5.41, 5.74) is 6.34. The fraction of sp³-hybridized carbons (Fsp3) is 0.625. The zero-order valence-corrected chi connectivity index (χ0v) is 12.3. The van der Waals surface area contributed by atoms with Gasteiger partial charge in [-0.3, -0.25) is 0 Å². The molecule has 0 bridgehead atoms. The van der Waals surface area contributed by atoms with Crippen molar-refractivity contribution in [1.29, 1.82) is 0 Å². The van der Waals surface area contributed by atoms with Gasteiger partial charge >= 0.3 is 0 Å². The van der Waals surface area contributed by atoms with E-state index in [1.54, 1.807) is 12.1 Å². The number of nitrogens with zero attached hydrogens (tertiary/aromatic N) is 1. The molecule has 0 spiro atoms. The minimum Gasteiger partial charge on any atom is -0.491 e. The second-order valence-electron chi connectivity index (χ2n) is 5.69. The maximum atomic E-state index is 10.0. The molecule has 1 fully saturated rings. The minimum absolute atomic E-state index is 0.331. The van der Waals surface area contributed by atoms with Crippen LogP contribution in [0.25, 0.3) is 0 Å². The van der Waals surface area contributed by atoms with E-state index in [2.05, 4.69) is 11.8 Å². The van der Waals surface area contributed by atoms with E-state index < -0.39 is 6.10 Å². The lowest BCUT2D eigenvalue weighted by Crippen LogP contribution is -2.40. The number of nitrogens with two attached hydrogens (primary N) is 1. The molecule has 2 rings (SSSR count). The van der Waals surface area contributed by atoms with E-state index in [0.717, 1.165) is 30.4 Å². The molecule has 1 atom stereocenters. The van der Waals surface area contributed by atoms with Gasteiger partial charge in [0.25, 0.3) is 0 Å². The summed E-state index contributed by atoms with van der Waals surface area (Å²) < 4.78 is 5.57. The summed E-state index contributed by atoms with van der Waals surface area (Å²) in [5, 5.41) is 10.0. The molecule has 20 heavy (non-hydrogen) atoms. The molecule has 112 valence electrons. The maximum Gasteiger partial charge on any atom is 0.119 e. The zero-order chi connectivity index (χ0) is 14.4. The highest BCUT2D eigenvalue weighted by Gasteiger charge is 2.19. The molecule has 0 radical (unpaired) electrons. The molecule has 0 amide bonds. The Kier molecular flexibility index (Phi) is 5.68. The Morgan fingerprint density at radius 1 is 1.30 bits per heavy atom. The molecule has 0 saturated carbocycles. The van der Waals surface area contributed by atoms with Crippen molar-refractivity contribution in [1.82, 2.24) is 4.90 Å². The molecular weight excluding hydrogens is 252 g/mol. The number of hydrogen-bond donors (Lipinski definition) is 2. The van der Waals surface area contributed by atoms with Gasteiger partial charge in [0, 0.05) is 12.2 Å². The molecule has 3 N–H and O–H groups in total. The second kappa shape index (κ2) is 7.50. The Labute approximate surface area is 121 Å². The number of anilines is 1. The molecular formula is C16H26N2O2. The first-order chi connectivity index (χ1) is 9.67. The summed E-state index contributed by atoms with van der Waals surface area (Å²) in [5.74, 6) is 1.62. The predicted molar refractivity (Wildman–Crippen MR) is 81.8 cm³/mol. The third-order valence-electron chi connectivity index (χ3n) is 4.08. The SMILES string of the molecule is CCC1CCN(CC(O)COc2ccc(N)cc2)CC1. The van der Waals surface area contributed by atoms with Crippen LogP contribution in [0.2, 0.25) is 0 Å². The van der Waals surface area contributed by atoms with Crippen LogP contribution in [0, 0.1) is 5.92 Å². The Morgan fingerprint density at radius 2 is 1.95 bits per heavy atom. The molecule has 1 aliphatic rings. The lowest BCUT2D eigenvalue weighted by atomic mass is 9.94. The summed E-state index contributed by atoms with van der Waals surface area (Å²) in [6.07, 6.45) is 3.34. The van der Waals surface area contributed by atoms with Crippen LogP contribution in [0.1, 0.15) is 26.2 Å². The molecule has 4 nitrogen and oxygen atoms in total. The number of ether oxygens (including phenoxy) is 1. The third kappa shape index (κ3) is 4.69. The van der Waals surface area contributed by atoms with Gasteiger partial charge in [0.1, 0.15) is 18.5 Å². The summed E-state index contributed by atoms with van der Waals surface area (Å²) in [4.78, 5) is 2.34. The normalized spacial score (nSPS) is 18.9. The van der Waals surface area contributed by atoms with Crippen molar-refractivity contribution < 1.29 is 9.84 Å². The maximum absolute atomic E-state index is 10.0. The van der Waals surface area contributed by atoms with E-state index in [4.69, 9.17) is 10.5 Å². The first kappa shape index (κ1) is 15.1. The largest absolute Gasteiger partial charge is 0.491 e. The van der Waals surface area contributed by atoms with Crippen molar-refractivity contribution in [2.75, 3.05) is 32.0 Å². The number of β-amino-alcohol motifs (C(OH)–C–C–N with tert-alkyl or cyclic N) is 1. The first-order valence-electron chi connectivity index (χ1n) is 7.56. The van der Waals surface area contributed by atoms with E-state index in [-0.39, 0.29) is 0 Å². The monoisotopic (exact) mass is 278 g/mol. The van der Waals surface area contributed by atoms with Gasteiger partial charge in [-0.2, -0.15) is 0 Å². The third-order valence-corrected chi connectivity index (χ3v) is 4.08. The van der Waals surface area contributed by atoms with Crippen LogP contribution < -0.4 is 10.5 Å². The molecule has 4 heteroatoms. The number of aliphatic hydroxyl groups is 1. The quantitative estimate of drug-likeness (QED) is 0.783. The number of likely N-dealkylation sites (tertiary alicyclic amines) is 1. The number of hydrogen-bond acceptors (Lipinski definition) is 4. The fourth-order valence-electron chi connectivity index (χ4n) is 2.68. The van der Waals surface area contributed by atoms with Crippen molar-refractivity contribution in [3.05, 3.63) is 24.3 Å². The minimum atomic E-state index is -0.439. The van der Waals surface area contributed by atoms with Crippen molar-refractivity contribution in [3.63, 3.8) is 0 Å². The Hall–Kier alpha value is -1.26. The van der Waals surface area contributed by atoms with Gasteiger partial charge in [-0.15, -0.1) is 0 Å². The lowest BCUT2D eigenvalue weighted by molar-refractivity contribution is 0.0548. The highest BCUT2D eigenvalue weighted by atomic mass is 16.5. The topological polar surface area (TPSA) is 58.7 Å².